The molecule has 0 radical (unpaired) electrons. The van der Waals surface area contributed by atoms with Crippen LogP contribution in [0.25, 0.3) is 55.8 Å². The van der Waals surface area contributed by atoms with E-state index < -0.39 is 0 Å². The summed E-state index contributed by atoms with van der Waals surface area (Å²) in [5.74, 6) is -0.201. The highest BCUT2D eigenvalue weighted by Gasteiger charge is 2.16. The van der Waals surface area contributed by atoms with Crippen molar-refractivity contribution in [2.75, 3.05) is 5.32 Å². The van der Waals surface area contributed by atoms with Gasteiger partial charge in [-0.05, 0) is 48.5 Å². The second kappa shape index (κ2) is 9.31. The van der Waals surface area contributed by atoms with Crippen LogP contribution in [0, 0.1) is 0 Å². The van der Waals surface area contributed by atoms with Crippen molar-refractivity contribution in [3.8, 4) is 34.0 Å². The maximum atomic E-state index is 12.6. The Morgan fingerprint density at radius 1 is 0.718 bits per heavy atom. The van der Waals surface area contributed by atoms with E-state index in [-0.39, 0.29) is 5.91 Å². The van der Waals surface area contributed by atoms with Crippen molar-refractivity contribution < 1.29 is 4.79 Å². The van der Waals surface area contributed by atoms with Gasteiger partial charge in [0.2, 0.25) is 0 Å². The summed E-state index contributed by atoms with van der Waals surface area (Å²) >= 11 is 0. The molecular weight excluding hydrogens is 488 g/mol. The summed E-state index contributed by atoms with van der Waals surface area (Å²) in [6, 6.07) is 22.6. The van der Waals surface area contributed by atoms with Crippen LogP contribution in [0.5, 0.6) is 0 Å². The third-order valence-electron chi connectivity index (χ3n) is 6.49. The van der Waals surface area contributed by atoms with E-state index in [1.165, 1.54) is 0 Å². The molecule has 186 valence electrons. The summed E-state index contributed by atoms with van der Waals surface area (Å²) in [6.07, 6.45) is 8.62. The van der Waals surface area contributed by atoms with Gasteiger partial charge >= 0.3 is 0 Å². The van der Waals surface area contributed by atoms with Crippen molar-refractivity contribution in [1.82, 2.24) is 35.1 Å². The molecule has 0 spiro atoms. The SMILES string of the molecule is O=C(Nc1cncc(-c2cc3c(-c4cc5c(-c6ccccn6)nccc5[nH]4)n[nH]c3cn2)c1)c1ccccc1. The lowest BCUT2D eigenvalue weighted by Crippen LogP contribution is -2.11. The van der Waals surface area contributed by atoms with E-state index in [4.69, 9.17) is 0 Å². The van der Waals surface area contributed by atoms with Crippen LogP contribution in [0.2, 0.25) is 0 Å². The number of H-pyrrole nitrogens is 2. The molecule has 0 unspecified atom stereocenters. The Morgan fingerprint density at radius 3 is 2.46 bits per heavy atom. The predicted molar refractivity (Wildman–Crippen MR) is 150 cm³/mol. The Hall–Kier alpha value is -5.70. The monoisotopic (exact) mass is 508 g/mol. The highest BCUT2D eigenvalue weighted by Crippen LogP contribution is 2.33. The van der Waals surface area contributed by atoms with Crippen molar-refractivity contribution in [2.24, 2.45) is 0 Å². The lowest BCUT2D eigenvalue weighted by atomic mass is 10.1. The molecule has 1 aromatic carbocycles. The van der Waals surface area contributed by atoms with Crippen molar-refractivity contribution >= 4 is 33.4 Å². The third-order valence-corrected chi connectivity index (χ3v) is 6.49. The first kappa shape index (κ1) is 22.5. The van der Waals surface area contributed by atoms with Gasteiger partial charge in [-0.1, -0.05) is 24.3 Å². The number of amides is 1. The smallest absolute Gasteiger partial charge is 0.255 e. The number of pyridine rings is 4. The zero-order chi connectivity index (χ0) is 26.2. The molecule has 0 aliphatic carbocycles. The van der Waals surface area contributed by atoms with E-state index in [1.54, 1.807) is 43.1 Å². The normalized spacial score (nSPS) is 11.2. The number of carbonyl (C=O) groups excluding carboxylic acids is 1. The first-order chi connectivity index (χ1) is 19.2. The Bertz CT molecular complexity index is 1960. The minimum atomic E-state index is -0.201. The largest absolute Gasteiger partial charge is 0.353 e. The molecule has 39 heavy (non-hydrogen) atoms. The minimum Gasteiger partial charge on any atom is -0.353 e. The van der Waals surface area contributed by atoms with E-state index in [0.717, 1.165) is 50.1 Å². The van der Waals surface area contributed by atoms with Crippen LogP contribution in [0.1, 0.15) is 10.4 Å². The fraction of sp³-hybridized carbons (Fsp3) is 0. The summed E-state index contributed by atoms with van der Waals surface area (Å²) in [5.41, 5.74) is 7.60. The summed E-state index contributed by atoms with van der Waals surface area (Å²) in [6.45, 7) is 0. The van der Waals surface area contributed by atoms with Crippen molar-refractivity contribution in [1.29, 1.82) is 0 Å². The molecule has 0 aliphatic heterocycles. The van der Waals surface area contributed by atoms with Gasteiger partial charge < -0.3 is 10.3 Å². The Morgan fingerprint density at radius 2 is 1.59 bits per heavy atom. The summed E-state index contributed by atoms with van der Waals surface area (Å²) in [7, 11) is 0. The number of anilines is 1. The van der Waals surface area contributed by atoms with Gasteiger partial charge in [0.05, 0.1) is 46.4 Å². The van der Waals surface area contributed by atoms with Gasteiger partial charge in [0, 0.05) is 46.0 Å². The van der Waals surface area contributed by atoms with Crippen LogP contribution in [0.15, 0.2) is 104 Å². The molecule has 0 fully saturated rings. The Labute approximate surface area is 222 Å². The summed E-state index contributed by atoms with van der Waals surface area (Å²) in [4.78, 5) is 34.1. The van der Waals surface area contributed by atoms with Crippen LogP contribution in [0.4, 0.5) is 5.69 Å². The number of aromatic amines is 2. The molecule has 1 amide bonds. The van der Waals surface area contributed by atoms with Gasteiger partial charge in [0.25, 0.3) is 5.91 Å². The van der Waals surface area contributed by atoms with Gasteiger partial charge in [-0.15, -0.1) is 0 Å². The van der Waals surface area contributed by atoms with Crippen LogP contribution < -0.4 is 5.32 Å². The molecule has 7 aromatic rings. The lowest BCUT2D eigenvalue weighted by molar-refractivity contribution is 0.102. The van der Waals surface area contributed by atoms with Crippen LogP contribution in [-0.2, 0) is 0 Å². The van der Waals surface area contributed by atoms with Crippen molar-refractivity contribution in [2.45, 2.75) is 0 Å². The topological polar surface area (TPSA) is 125 Å². The zero-order valence-electron chi connectivity index (χ0n) is 20.5. The van der Waals surface area contributed by atoms with E-state index in [2.05, 4.69) is 40.4 Å². The lowest BCUT2D eigenvalue weighted by Gasteiger charge is -2.07. The number of fused-ring (bicyclic) bond motifs is 2. The first-order valence-corrected chi connectivity index (χ1v) is 12.3. The average Bonchev–Trinajstić information content (AvgIpc) is 3.62. The van der Waals surface area contributed by atoms with Crippen LogP contribution in [0.3, 0.4) is 0 Å². The molecule has 6 aromatic heterocycles. The summed E-state index contributed by atoms with van der Waals surface area (Å²) < 4.78 is 0. The Balaban J connectivity index is 1.25. The zero-order valence-corrected chi connectivity index (χ0v) is 20.5. The number of nitrogens with one attached hydrogen (secondary N) is 3. The van der Waals surface area contributed by atoms with Gasteiger partial charge in [-0.2, -0.15) is 5.10 Å². The standard InChI is InChI=1S/C30H20N8O/c39-30(18-6-2-1-3-7-18)35-20-12-19(15-31-16-20)25-13-22-27(17-34-25)37-38-29(22)26-14-21-23(36-26)9-11-33-28(21)24-8-4-5-10-32-24/h1-17,36H,(H,35,39)(H,37,38). The van der Waals surface area contributed by atoms with E-state index in [9.17, 15) is 4.79 Å². The van der Waals surface area contributed by atoms with Gasteiger partial charge in [0.1, 0.15) is 5.69 Å². The quantitative estimate of drug-likeness (QED) is 0.267. The number of aromatic nitrogens is 7. The molecule has 0 aliphatic rings. The number of hydrogen-bond acceptors (Lipinski definition) is 6. The molecule has 9 nitrogen and oxygen atoms in total. The molecule has 3 N–H and O–H groups in total. The van der Waals surface area contributed by atoms with Crippen LogP contribution in [-0.4, -0.2) is 41.0 Å². The fourth-order valence-corrected chi connectivity index (χ4v) is 4.61. The third kappa shape index (κ3) is 4.17. The van der Waals surface area contributed by atoms with Crippen LogP contribution >= 0.6 is 0 Å². The first-order valence-electron chi connectivity index (χ1n) is 12.3. The molecule has 6 heterocycles. The molecule has 0 saturated carbocycles. The molecule has 9 heteroatoms. The maximum Gasteiger partial charge on any atom is 0.255 e. The number of rotatable bonds is 5. The second-order valence-electron chi connectivity index (χ2n) is 8.99. The van der Waals surface area contributed by atoms with E-state index in [1.807, 2.05) is 60.7 Å². The summed E-state index contributed by atoms with van der Waals surface area (Å²) in [5, 5.41) is 12.4. The fourth-order valence-electron chi connectivity index (χ4n) is 4.61. The Kier molecular flexibility index (Phi) is 5.37. The number of nitrogens with zero attached hydrogens (tertiary/aromatic N) is 5. The predicted octanol–water partition coefficient (Wildman–Crippen LogP) is 5.88. The van der Waals surface area contributed by atoms with E-state index >= 15 is 0 Å². The van der Waals surface area contributed by atoms with Gasteiger partial charge in [0.15, 0.2) is 0 Å². The number of benzene rings is 1. The van der Waals surface area contributed by atoms with Gasteiger partial charge in [-0.3, -0.25) is 29.8 Å². The maximum absolute atomic E-state index is 12.6. The van der Waals surface area contributed by atoms with Crippen molar-refractivity contribution in [3.63, 3.8) is 0 Å². The number of hydrogen-bond donors (Lipinski definition) is 3. The highest BCUT2D eigenvalue weighted by atomic mass is 16.1. The van der Waals surface area contributed by atoms with Gasteiger partial charge in [-0.25, -0.2) is 0 Å². The molecule has 0 saturated heterocycles. The molecular formula is C30H20N8O. The molecule has 0 atom stereocenters. The molecule has 0 bridgehead atoms. The van der Waals surface area contributed by atoms with Crippen molar-refractivity contribution in [3.05, 3.63) is 109 Å². The second-order valence-corrected chi connectivity index (χ2v) is 8.99. The van der Waals surface area contributed by atoms with E-state index in [0.29, 0.717) is 16.9 Å². The highest BCUT2D eigenvalue weighted by molar-refractivity contribution is 6.04. The average molecular weight is 509 g/mol. The number of carbonyl (C=O) groups is 1. The minimum absolute atomic E-state index is 0.201. The molecule has 7 rings (SSSR count).